The Bertz CT molecular complexity index is 251. The minimum Gasteiger partial charge on any atom is -0.478 e. The monoisotopic (exact) mass is 153 g/mol. The van der Waals surface area contributed by atoms with Gasteiger partial charge in [-0.05, 0) is 6.07 Å². The van der Waals surface area contributed by atoms with Crippen molar-refractivity contribution in [1.29, 1.82) is 0 Å². The van der Waals surface area contributed by atoms with Crippen molar-refractivity contribution < 1.29 is 14.6 Å². The molecule has 1 aromatic heterocycles. The molecule has 4 heteroatoms. The van der Waals surface area contributed by atoms with Crippen LogP contribution in [0.4, 0.5) is 0 Å². The second-order valence-electron chi connectivity index (χ2n) is 1.79. The van der Waals surface area contributed by atoms with E-state index in [-0.39, 0.29) is 0 Å². The van der Waals surface area contributed by atoms with Gasteiger partial charge < -0.3 is 14.8 Å². The van der Waals surface area contributed by atoms with Crippen LogP contribution in [-0.4, -0.2) is 16.1 Å². The smallest absolute Gasteiger partial charge is 0.331 e. The number of nitrogens with one attached hydrogen (secondary N) is 1. The molecule has 58 valence electrons. The topological polar surface area (TPSA) is 62.3 Å². The van der Waals surface area contributed by atoms with Gasteiger partial charge in [-0.1, -0.05) is 0 Å². The maximum Gasteiger partial charge on any atom is 0.331 e. The van der Waals surface area contributed by atoms with Crippen LogP contribution < -0.4 is 4.74 Å². The SMILES string of the molecule is O=C(O)C=COc1ccc[nH]1. The van der Waals surface area contributed by atoms with E-state index >= 15 is 0 Å². The zero-order valence-electron chi connectivity index (χ0n) is 5.65. The highest BCUT2D eigenvalue weighted by Gasteiger charge is 1.88. The van der Waals surface area contributed by atoms with E-state index in [1.807, 2.05) is 0 Å². The van der Waals surface area contributed by atoms with Crippen molar-refractivity contribution in [2.45, 2.75) is 0 Å². The third-order valence-electron chi connectivity index (χ3n) is 0.975. The van der Waals surface area contributed by atoms with Crippen molar-refractivity contribution in [1.82, 2.24) is 4.98 Å². The molecule has 0 aromatic carbocycles. The Balaban J connectivity index is 2.40. The quantitative estimate of drug-likeness (QED) is 0.502. The van der Waals surface area contributed by atoms with Crippen molar-refractivity contribution >= 4 is 5.97 Å². The van der Waals surface area contributed by atoms with Gasteiger partial charge in [-0.15, -0.1) is 0 Å². The maximum absolute atomic E-state index is 9.95. The highest BCUT2D eigenvalue weighted by molar-refractivity contribution is 5.79. The van der Waals surface area contributed by atoms with Crippen molar-refractivity contribution in [2.75, 3.05) is 0 Å². The van der Waals surface area contributed by atoms with E-state index in [4.69, 9.17) is 9.84 Å². The van der Waals surface area contributed by atoms with Crippen LogP contribution in [0.1, 0.15) is 0 Å². The third-order valence-corrected chi connectivity index (χ3v) is 0.975. The van der Waals surface area contributed by atoms with Crippen LogP contribution in [-0.2, 0) is 4.79 Å². The second kappa shape index (κ2) is 3.46. The van der Waals surface area contributed by atoms with Crippen LogP contribution in [0, 0.1) is 0 Å². The van der Waals surface area contributed by atoms with Crippen molar-refractivity contribution in [3.63, 3.8) is 0 Å². The van der Waals surface area contributed by atoms with Crippen LogP contribution >= 0.6 is 0 Å². The normalized spacial score (nSPS) is 10.2. The highest BCUT2D eigenvalue weighted by atomic mass is 16.5. The van der Waals surface area contributed by atoms with Gasteiger partial charge in [0.15, 0.2) is 5.88 Å². The van der Waals surface area contributed by atoms with Crippen molar-refractivity contribution in [2.24, 2.45) is 0 Å². The van der Waals surface area contributed by atoms with Gasteiger partial charge in [0.25, 0.3) is 0 Å². The first kappa shape index (κ1) is 7.40. The summed E-state index contributed by atoms with van der Waals surface area (Å²) in [5.41, 5.74) is 0. The molecule has 4 nitrogen and oxygen atoms in total. The predicted octanol–water partition coefficient (Wildman–Crippen LogP) is 0.992. The van der Waals surface area contributed by atoms with E-state index in [1.54, 1.807) is 18.3 Å². The molecule has 0 aliphatic heterocycles. The Morgan fingerprint density at radius 2 is 2.55 bits per heavy atom. The molecule has 2 N–H and O–H groups in total. The summed E-state index contributed by atoms with van der Waals surface area (Å²) in [4.78, 5) is 12.7. The number of H-pyrrole nitrogens is 1. The number of aliphatic carboxylic acids is 1. The van der Waals surface area contributed by atoms with E-state index in [1.165, 1.54) is 0 Å². The molecule has 0 saturated heterocycles. The second-order valence-corrected chi connectivity index (χ2v) is 1.79. The number of carboxylic acids is 1. The summed E-state index contributed by atoms with van der Waals surface area (Å²) < 4.78 is 4.84. The van der Waals surface area contributed by atoms with Crippen molar-refractivity contribution in [3.8, 4) is 5.88 Å². The first-order valence-corrected chi connectivity index (χ1v) is 2.98. The molecule has 0 atom stereocenters. The number of rotatable bonds is 3. The Morgan fingerprint density at radius 3 is 3.09 bits per heavy atom. The lowest BCUT2D eigenvalue weighted by atomic mass is 10.6. The Kier molecular flexibility index (Phi) is 2.32. The van der Waals surface area contributed by atoms with Crippen LogP contribution in [0.3, 0.4) is 0 Å². The van der Waals surface area contributed by atoms with Gasteiger partial charge in [0, 0.05) is 12.3 Å². The van der Waals surface area contributed by atoms with Gasteiger partial charge >= 0.3 is 5.97 Å². The van der Waals surface area contributed by atoms with E-state index < -0.39 is 5.97 Å². The van der Waals surface area contributed by atoms with E-state index in [0.717, 1.165) is 12.3 Å². The fourth-order valence-electron chi connectivity index (χ4n) is 0.553. The van der Waals surface area contributed by atoms with Crippen LogP contribution in [0.2, 0.25) is 0 Å². The van der Waals surface area contributed by atoms with E-state index in [9.17, 15) is 4.79 Å². The average Bonchev–Trinajstić information content (AvgIpc) is 2.39. The fraction of sp³-hybridized carbons (Fsp3) is 0. The molecular formula is C7H7NO3. The van der Waals surface area contributed by atoms with Gasteiger partial charge in [-0.25, -0.2) is 4.79 Å². The molecule has 0 aliphatic rings. The molecule has 0 amide bonds. The first-order valence-electron chi connectivity index (χ1n) is 2.98. The first-order chi connectivity index (χ1) is 5.29. The van der Waals surface area contributed by atoms with Crippen LogP contribution in [0.15, 0.2) is 30.7 Å². The number of carbonyl (C=O) groups is 1. The molecule has 1 rings (SSSR count). The van der Waals surface area contributed by atoms with E-state index in [2.05, 4.69) is 4.98 Å². The molecule has 0 spiro atoms. The molecule has 0 radical (unpaired) electrons. The van der Waals surface area contributed by atoms with Crippen molar-refractivity contribution in [3.05, 3.63) is 30.7 Å². The van der Waals surface area contributed by atoms with Gasteiger partial charge in [0.2, 0.25) is 0 Å². The Labute approximate surface area is 63.1 Å². The van der Waals surface area contributed by atoms with Gasteiger partial charge in [-0.2, -0.15) is 0 Å². The summed E-state index contributed by atoms with van der Waals surface area (Å²) in [5.74, 6) is -0.515. The number of hydrogen-bond donors (Lipinski definition) is 2. The lowest BCUT2D eigenvalue weighted by molar-refractivity contribution is -0.131. The minimum atomic E-state index is -1.03. The number of aromatic nitrogens is 1. The molecule has 1 heterocycles. The lowest BCUT2D eigenvalue weighted by Gasteiger charge is -1.91. The lowest BCUT2D eigenvalue weighted by Crippen LogP contribution is -1.89. The predicted molar refractivity (Wildman–Crippen MR) is 38.2 cm³/mol. The highest BCUT2D eigenvalue weighted by Crippen LogP contribution is 2.03. The third kappa shape index (κ3) is 2.57. The van der Waals surface area contributed by atoms with Gasteiger partial charge in [0.05, 0.1) is 6.08 Å². The standard InChI is InChI=1S/C7H7NO3/c9-7(10)3-5-11-6-2-1-4-8-6/h1-5,8H,(H,9,10). The molecule has 11 heavy (non-hydrogen) atoms. The molecule has 0 aliphatic carbocycles. The maximum atomic E-state index is 9.95. The van der Waals surface area contributed by atoms with Crippen LogP contribution in [0.25, 0.3) is 0 Å². The minimum absolute atomic E-state index is 0.516. The zero-order chi connectivity index (χ0) is 8.10. The molecule has 0 unspecified atom stereocenters. The summed E-state index contributed by atoms with van der Waals surface area (Å²) in [6.45, 7) is 0. The summed E-state index contributed by atoms with van der Waals surface area (Å²) in [7, 11) is 0. The zero-order valence-corrected chi connectivity index (χ0v) is 5.65. The summed E-state index contributed by atoms with van der Waals surface area (Å²) >= 11 is 0. The van der Waals surface area contributed by atoms with Gasteiger partial charge in [-0.3, -0.25) is 0 Å². The summed E-state index contributed by atoms with van der Waals surface area (Å²) in [6, 6.07) is 3.44. The Hall–Kier alpha value is -1.71. The fourth-order valence-corrected chi connectivity index (χ4v) is 0.553. The summed E-state index contributed by atoms with van der Waals surface area (Å²) in [5, 5.41) is 8.17. The molecule has 0 bridgehead atoms. The number of aromatic amines is 1. The largest absolute Gasteiger partial charge is 0.478 e. The number of hydrogen-bond acceptors (Lipinski definition) is 2. The average molecular weight is 153 g/mol. The Morgan fingerprint density at radius 1 is 1.73 bits per heavy atom. The van der Waals surface area contributed by atoms with Crippen LogP contribution in [0.5, 0.6) is 5.88 Å². The number of ether oxygens (including phenoxy) is 1. The molecule has 0 saturated carbocycles. The molecular weight excluding hydrogens is 146 g/mol. The van der Waals surface area contributed by atoms with E-state index in [0.29, 0.717) is 5.88 Å². The van der Waals surface area contributed by atoms with Gasteiger partial charge in [0.1, 0.15) is 6.26 Å². The number of carboxylic acid groups (broad SMARTS) is 1. The molecule has 0 fully saturated rings. The summed E-state index contributed by atoms with van der Waals surface area (Å²) in [6.07, 6.45) is 3.71. The molecule has 1 aromatic rings.